The molecular formula is C11H11BrN2O2. The van der Waals surface area contributed by atoms with Crippen LogP contribution in [0.1, 0.15) is 16.7 Å². The van der Waals surface area contributed by atoms with Gasteiger partial charge in [0.1, 0.15) is 6.07 Å². The van der Waals surface area contributed by atoms with Gasteiger partial charge in [0.2, 0.25) is 0 Å². The highest BCUT2D eigenvalue weighted by Crippen LogP contribution is 2.25. The second-order valence-corrected chi connectivity index (χ2v) is 3.93. The molecule has 0 amide bonds. The first-order valence-electron chi connectivity index (χ1n) is 4.61. The summed E-state index contributed by atoms with van der Waals surface area (Å²) in [7, 11) is 1.34. The molecule has 0 fully saturated rings. The van der Waals surface area contributed by atoms with Crippen LogP contribution in [0.4, 0.5) is 0 Å². The standard InChI is InChI=1S/C11H11BrN2O2/c1-16-10(15)4-7-2-3-8(5-13)11(12)9(7)6-14/h2-3H,4,6,14H2,1H3. The molecule has 0 spiro atoms. The lowest BCUT2D eigenvalue weighted by atomic mass is 10.0. The van der Waals surface area contributed by atoms with Crippen molar-refractivity contribution < 1.29 is 9.53 Å². The number of ether oxygens (including phenoxy) is 1. The van der Waals surface area contributed by atoms with E-state index in [-0.39, 0.29) is 18.9 Å². The predicted octanol–water partition coefficient (Wildman–Crippen LogP) is 1.49. The Kier molecular flexibility index (Phi) is 4.47. The zero-order chi connectivity index (χ0) is 12.1. The molecule has 2 N–H and O–H groups in total. The van der Waals surface area contributed by atoms with Crippen molar-refractivity contribution in [2.24, 2.45) is 5.73 Å². The first-order valence-corrected chi connectivity index (χ1v) is 5.40. The van der Waals surface area contributed by atoms with Crippen LogP contribution in [0.15, 0.2) is 16.6 Å². The lowest BCUT2D eigenvalue weighted by Crippen LogP contribution is -2.10. The molecule has 0 bridgehead atoms. The molecule has 84 valence electrons. The van der Waals surface area contributed by atoms with Crippen molar-refractivity contribution in [3.05, 3.63) is 33.3 Å². The number of carbonyl (C=O) groups is 1. The van der Waals surface area contributed by atoms with Crippen molar-refractivity contribution in [3.8, 4) is 6.07 Å². The summed E-state index contributed by atoms with van der Waals surface area (Å²) in [6.07, 6.45) is 0.160. The molecule has 0 aromatic heterocycles. The Morgan fingerprint density at radius 2 is 2.31 bits per heavy atom. The first-order chi connectivity index (χ1) is 7.63. The molecule has 0 aliphatic heterocycles. The van der Waals surface area contributed by atoms with Gasteiger partial charge >= 0.3 is 5.97 Å². The van der Waals surface area contributed by atoms with Crippen molar-refractivity contribution in [1.82, 2.24) is 0 Å². The lowest BCUT2D eigenvalue weighted by Gasteiger charge is -2.10. The second kappa shape index (κ2) is 5.64. The Morgan fingerprint density at radius 1 is 1.62 bits per heavy atom. The van der Waals surface area contributed by atoms with Gasteiger partial charge in [-0.1, -0.05) is 6.07 Å². The smallest absolute Gasteiger partial charge is 0.309 e. The number of nitriles is 1. The number of esters is 1. The second-order valence-electron chi connectivity index (χ2n) is 3.13. The molecule has 0 saturated heterocycles. The minimum atomic E-state index is -0.327. The van der Waals surface area contributed by atoms with Crippen LogP contribution in [-0.4, -0.2) is 13.1 Å². The molecule has 0 heterocycles. The monoisotopic (exact) mass is 282 g/mol. The van der Waals surface area contributed by atoms with E-state index in [1.54, 1.807) is 12.1 Å². The van der Waals surface area contributed by atoms with Crippen LogP contribution in [0.25, 0.3) is 0 Å². The number of nitrogens with two attached hydrogens (primary N) is 1. The van der Waals surface area contributed by atoms with E-state index in [4.69, 9.17) is 11.0 Å². The molecule has 0 unspecified atom stereocenters. The summed E-state index contributed by atoms with van der Waals surface area (Å²) < 4.78 is 5.24. The average Bonchev–Trinajstić information content (AvgIpc) is 2.29. The van der Waals surface area contributed by atoms with Gasteiger partial charge in [-0.2, -0.15) is 5.26 Å². The number of benzene rings is 1. The largest absolute Gasteiger partial charge is 0.469 e. The lowest BCUT2D eigenvalue weighted by molar-refractivity contribution is -0.139. The Balaban J connectivity index is 3.17. The zero-order valence-corrected chi connectivity index (χ0v) is 10.4. The molecule has 16 heavy (non-hydrogen) atoms. The van der Waals surface area contributed by atoms with Crippen molar-refractivity contribution in [1.29, 1.82) is 5.26 Å². The highest BCUT2D eigenvalue weighted by atomic mass is 79.9. The van der Waals surface area contributed by atoms with E-state index >= 15 is 0 Å². The van der Waals surface area contributed by atoms with Gasteiger partial charge in [-0.3, -0.25) is 4.79 Å². The van der Waals surface area contributed by atoms with E-state index < -0.39 is 0 Å². The first kappa shape index (κ1) is 12.7. The fourth-order valence-electron chi connectivity index (χ4n) is 1.36. The molecule has 0 saturated carbocycles. The van der Waals surface area contributed by atoms with Gasteiger partial charge in [0.05, 0.1) is 19.1 Å². The number of halogens is 1. The SMILES string of the molecule is COC(=O)Cc1ccc(C#N)c(Br)c1CN. The Morgan fingerprint density at radius 3 is 2.81 bits per heavy atom. The summed E-state index contributed by atoms with van der Waals surface area (Å²) in [6, 6.07) is 5.42. The van der Waals surface area contributed by atoms with E-state index in [0.717, 1.165) is 11.1 Å². The highest BCUT2D eigenvalue weighted by molar-refractivity contribution is 9.10. The molecule has 0 atom stereocenters. The average molecular weight is 283 g/mol. The number of carbonyl (C=O) groups excluding carboxylic acids is 1. The quantitative estimate of drug-likeness (QED) is 0.853. The maximum absolute atomic E-state index is 11.2. The molecule has 1 aromatic carbocycles. The zero-order valence-electron chi connectivity index (χ0n) is 8.79. The summed E-state index contributed by atoms with van der Waals surface area (Å²) in [6.45, 7) is 0.266. The third-order valence-electron chi connectivity index (χ3n) is 2.23. The van der Waals surface area contributed by atoms with Gasteiger partial charge in [0.15, 0.2) is 0 Å². The molecule has 0 aliphatic rings. The Hall–Kier alpha value is -1.38. The number of hydrogen-bond donors (Lipinski definition) is 1. The minimum absolute atomic E-state index is 0.160. The van der Waals surface area contributed by atoms with E-state index in [2.05, 4.69) is 20.7 Å². The summed E-state index contributed by atoms with van der Waals surface area (Å²) >= 11 is 3.31. The molecule has 0 radical (unpaired) electrons. The summed E-state index contributed by atoms with van der Waals surface area (Å²) in [5.74, 6) is -0.327. The summed E-state index contributed by atoms with van der Waals surface area (Å²) in [4.78, 5) is 11.2. The Labute approximate surface area is 102 Å². The van der Waals surface area contributed by atoms with E-state index in [9.17, 15) is 4.79 Å². The predicted molar refractivity (Wildman–Crippen MR) is 62.5 cm³/mol. The number of nitrogens with zero attached hydrogens (tertiary/aromatic N) is 1. The number of rotatable bonds is 3. The number of hydrogen-bond acceptors (Lipinski definition) is 4. The molecule has 1 aromatic rings. The molecule has 4 nitrogen and oxygen atoms in total. The molecule has 5 heteroatoms. The van der Waals surface area contributed by atoms with Crippen LogP contribution in [-0.2, 0) is 22.5 Å². The van der Waals surface area contributed by atoms with Crippen molar-refractivity contribution >= 4 is 21.9 Å². The maximum atomic E-state index is 11.2. The third-order valence-corrected chi connectivity index (χ3v) is 3.13. The van der Waals surface area contributed by atoms with E-state index in [1.165, 1.54) is 7.11 Å². The molecule has 0 aliphatic carbocycles. The fraction of sp³-hybridized carbons (Fsp3) is 0.273. The molecular weight excluding hydrogens is 272 g/mol. The normalized spacial score (nSPS) is 9.62. The third kappa shape index (κ3) is 2.60. The van der Waals surface area contributed by atoms with Gasteiger partial charge in [0.25, 0.3) is 0 Å². The van der Waals surface area contributed by atoms with Crippen LogP contribution in [0.2, 0.25) is 0 Å². The van der Waals surface area contributed by atoms with Crippen LogP contribution in [0, 0.1) is 11.3 Å². The summed E-state index contributed by atoms with van der Waals surface area (Å²) in [5.41, 5.74) is 7.66. The van der Waals surface area contributed by atoms with Gasteiger partial charge in [0, 0.05) is 11.0 Å². The van der Waals surface area contributed by atoms with Crippen molar-refractivity contribution in [3.63, 3.8) is 0 Å². The van der Waals surface area contributed by atoms with Gasteiger partial charge in [-0.05, 0) is 33.1 Å². The van der Waals surface area contributed by atoms with Gasteiger partial charge < -0.3 is 10.5 Å². The van der Waals surface area contributed by atoms with Crippen LogP contribution < -0.4 is 5.73 Å². The number of methoxy groups -OCH3 is 1. The highest BCUT2D eigenvalue weighted by Gasteiger charge is 2.12. The van der Waals surface area contributed by atoms with Crippen molar-refractivity contribution in [2.45, 2.75) is 13.0 Å². The minimum Gasteiger partial charge on any atom is -0.469 e. The Bertz CT molecular complexity index is 452. The van der Waals surface area contributed by atoms with Crippen LogP contribution >= 0.6 is 15.9 Å². The summed E-state index contributed by atoms with van der Waals surface area (Å²) in [5, 5.41) is 8.84. The van der Waals surface area contributed by atoms with Gasteiger partial charge in [-0.15, -0.1) is 0 Å². The van der Waals surface area contributed by atoms with E-state index in [0.29, 0.717) is 10.0 Å². The van der Waals surface area contributed by atoms with Crippen LogP contribution in [0.3, 0.4) is 0 Å². The topological polar surface area (TPSA) is 76.1 Å². The van der Waals surface area contributed by atoms with E-state index in [1.807, 2.05) is 6.07 Å². The molecule has 1 rings (SSSR count). The maximum Gasteiger partial charge on any atom is 0.309 e. The fourth-order valence-corrected chi connectivity index (χ4v) is 2.00. The van der Waals surface area contributed by atoms with Crippen molar-refractivity contribution in [2.75, 3.05) is 7.11 Å². The van der Waals surface area contributed by atoms with Crippen LogP contribution in [0.5, 0.6) is 0 Å². The van der Waals surface area contributed by atoms with Gasteiger partial charge in [-0.25, -0.2) is 0 Å².